The highest BCUT2D eigenvalue weighted by Gasteiger charge is 2.36. The lowest BCUT2D eigenvalue weighted by molar-refractivity contribution is -0.147. The van der Waals surface area contributed by atoms with E-state index in [0.717, 1.165) is 0 Å². The van der Waals surface area contributed by atoms with E-state index >= 15 is 0 Å². The Morgan fingerprint density at radius 3 is 1.72 bits per heavy atom. The number of nitrogens with two attached hydrogens (primary N) is 2. The van der Waals surface area contributed by atoms with E-state index in [1.54, 1.807) is 0 Å². The second kappa shape index (κ2) is 7.35. The molecular formula is C17H17N3O5. The van der Waals surface area contributed by atoms with Crippen LogP contribution < -0.4 is 16.8 Å². The van der Waals surface area contributed by atoms with Gasteiger partial charge in [-0.05, 0) is 42.0 Å². The van der Waals surface area contributed by atoms with Crippen molar-refractivity contribution in [2.45, 2.75) is 12.0 Å². The van der Waals surface area contributed by atoms with Gasteiger partial charge in [0.05, 0.1) is 0 Å². The van der Waals surface area contributed by atoms with Gasteiger partial charge in [0, 0.05) is 16.9 Å². The lowest BCUT2D eigenvalue weighted by Crippen LogP contribution is -2.47. The summed E-state index contributed by atoms with van der Waals surface area (Å²) in [5.41, 5.74) is 12.3. The molecule has 0 aliphatic heterocycles. The average Bonchev–Trinajstić information content (AvgIpc) is 2.56. The third-order valence-electron chi connectivity index (χ3n) is 3.62. The molecule has 0 aliphatic carbocycles. The molecule has 0 radical (unpaired) electrons. The highest BCUT2D eigenvalue weighted by atomic mass is 16.4. The minimum Gasteiger partial charge on any atom is -0.481 e. The first kappa shape index (κ1) is 17.8. The number of aliphatic carboxylic acids is 2. The molecule has 0 bridgehead atoms. The van der Waals surface area contributed by atoms with E-state index < -0.39 is 29.8 Å². The van der Waals surface area contributed by atoms with Crippen molar-refractivity contribution in [3.63, 3.8) is 0 Å². The molecule has 2 unspecified atom stereocenters. The van der Waals surface area contributed by atoms with Gasteiger partial charge in [0.15, 0.2) is 0 Å². The second-order valence-corrected chi connectivity index (χ2v) is 5.39. The number of benzene rings is 2. The van der Waals surface area contributed by atoms with E-state index in [2.05, 4.69) is 5.32 Å². The molecule has 130 valence electrons. The van der Waals surface area contributed by atoms with Crippen LogP contribution in [0.3, 0.4) is 0 Å². The zero-order chi connectivity index (χ0) is 18.6. The summed E-state index contributed by atoms with van der Waals surface area (Å²) in [6.45, 7) is 0. The smallest absolute Gasteiger partial charge is 0.327 e. The number of anilines is 2. The highest BCUT2D eigenvalue weighted by Crippen LogP contribution is 2.22. The van der Waals surface area contributed by atoms with Crippen molar-refractivity contribution in [2.75, 3.05) is 11.5 Å². The van der Waals surface area contributed by atoms with Crippen molar-refractivity contribution in [1.82, 2.24) is 5.32 Å². The summed E-state index contributed by atoms with van der Waals surface area (Å²) in [5, 5.41) is 21.2. The van der Waals surface area contributed by atoms with Gasteiger partial charge in [-0.15, -0.1) is 0 Å². The Morgan fingerprint density at radius 1 is 0.800 bits per heavy atom. The van der Waals surface area contributed by atoms with Crippen molar-refractivity contribution in [1.29, 1.82) is 0 Å². The zero-order valence-electron chi connectivity index (χ0n) is 13.0. The quantitative estimate of drug-likeness (QED) is 0.488. The van der Waals surface area contributed by atoms with E-state index in [9.17, 15) is 24.6 Å². The number of hydrogen-bond acceptors (Lipinski definition) is 5. The largest absolute Gasteiger partial charge is 0.481 e. The maximum atomic E-state index is 12.3. The van der Waals surface area contributed by atoms with Crippen LogP contribution in [0.4, 0.5) is 11.4 Å². The first-order valence-electron chi connectivity index (χ1n) is 7.27. The molecule has 2 atom stereocenters. The van der Waals surface area contributed by atoms with E-state index in [1.807, 2.05) is 0 Å². The predicted octanol–water partition coefficient (Wildman–Crippen LogP) is 0.902. The Labute approximate surface area is 143 Å². The molecule has 0 fully saturated rings. The van der Waals surface area contributed by atoms with Crippen molar-refractivity contribution < 1.29 is 24.6 Å². The lowest BCUT2D eigenvalue weighted by Gasteiger charge is -2.22. The minimum absolute atomic E-state index is 0.168. The van der Waals surface area contributed by atoms with Gasteiger partial charge in [0.1, 0.15) is 12.0 Å². The molecule has 8 heteroatoms. The first-order chi connectivity index (χ1) is 11.8. The number of carboxylic acids is 2. The van der Waals surface area contributed by atoms with Gasteiger partial charge in [-0.25, -0.2) is 4.79 Å². The summed E-state index contributed by atoms with van der Waals surface area (Å²) in [5.74, 6) is -5.03. The first-order valence-corrected chi connectivity index (χ1v) is 7.27. The molecule has 25 heavy (non-hydrogen) atoms. The van der Waals surface area contributed by atoms with Crippen LogP contribution in [0.1, 0.15) is 21.8 Å². The number of rotatable bonds is 6. The summed E-state index contributed by atoms with van der Waals surface area (Å²) in [6.07, 6.45) is 0. The van der Waals surface area contributed by atoms with E-state index in [0.29, 0.717) is 11.4 Å². The summed E-state index contributed by atoms with van der Waals surface area (Å²) in [6, 6.07) is 9.91. The van der Waals surface area contributed by atoms with Crippen LogP contribution in [0, 0.1) is 0 Å². The van der Waals surface area contributed by atoms with Crippen molar-refractivity contribution in [2.24, 2.45) is 0 Å². The fourth-order valence-electron chi connectivity index (χ4n) is 2.33. The molecule has 0 heterocycles. The number of nitrogens with one attached hydrogen (secondary N) is 1. The Bertz CT molecular complexity index is 787. The SMILES string of the molecule is Nc1ccc(C(=O)NC(C(=O)O)C(C(=O)O)c2ccc(N)cc2)cc1. The van der Waals surface area contributed by atoms with Crippen LogP contribution in [0.15, 0.2) is 48.5 Å². The molecule has 0 aliphatic rings. The Hall–Kier alpha value is -3.55. The summed E-state index contributed by atoms with van der Waals surface area (Å²) < 4.78 is 0. The maximum absolute atomic E-state index is 12.3. The van der Waals surface area contributed by atoms with Gasteiger partial charge in [0.25, 0.3) is 5.91 Å². The second-order valence-electron chi connectivity index (χ2n) is 5.39. The molecular weight excluding hydrogens is 326 g/mol. The molecule has 0 saturated carbocycles. The highest BCUT2D eigenvalue weighted by molar-refractivity contribution is 5.98. The van der Waals surface area contributed by atoms with Crippen LogP contribution in [0.5, 0.6) is 0 Å². The summed E-state index contributed by atoms with van der Waals surface area (Å²) in [4.78, 5) is 35.5. The fraction of sp³-hybridized carbons (Fsp3) is 0.118. The van der Waals surface area contributed by atoms with Gasteiger partial charge in [0.2, 0.25) is 0 Å². The van der Waals surface area contributed by atoms with E-state index in [-0.39, 0.29) is 11.1 Å². The molecule has 0 aromatic heterocycles. The molecule has 2 aromatic carbocycles. The topological polar surface area (TPSA) is 156 Å². The fourth-order valence-corrected chi connectivity index (χ4v) is 2.33. The van der Waals surface area contributed by atoms with Gasteiger partial charge in [-0.2, -0.15) is 0 Å². The minimum atomic E-state index is -1.66. The number of amides is 1. The van der Waals surface area contributed by atoms with Gasteiger partial charge < -0.3 is 27.0 Å². The van der Waals surface area contributed by atoms with Crippen LogP contribution in [-0.2, 0) is 9.59 Å². The van der Waals surface area contributed by atoms with Gasteiger partial charge >= 0.3 is 11.9 Å². The van der Waals surface area contributed by atoms with E-state index in [1.165, 1.54) is 48.5 Å². The third-order valence-corrected chi connectivity index (χ3v) is 3.62. The molecule has 2 rings (SSSR count). The Kier molecular flexibility index (Phi) is 5.23. The standard InChI is InChI=1S/C17H17N3O5/c18-11-5-1-9(2-6-11)13(16(22)23)14(17(24)25)20-15(21)10-3-7-12(19)8-4-10/h1-8,13-14H,18-19H2,(H,20,21)(H,22,23)(H,24,25). The maximum Gasteiger partial charge on any atom is 0.327 e. The molecule has 2 aromatic rings. The van der Waals surface area contributed by atoms with Crippen LogP contribution in [0.25, 0.3) is 0 Å². The Balaban J connectivity index is 2.32. The summed E-state index contributed by atoms with van der Waals surface area (Å²) in [7, 11) is 0. The predicted molar refractivity (Wildman–Crippen MR) is 91.0 cm³/mol. The number of hydrogen-bond donors (Lipinski definition) is 5. The molecule has 1 amide bonds. The Morgan fingerprint density at radius 2 is 1.28 bits per heavy atom. The number of carbonyl (C=O) groups is 3. The molecule has 7 N–H and O–H groups in total. The lowest BCUT2D eigenvalue weighted by atomic mass is 9.91. The molecule has 0 spiro atoms. The van der Waals surface area contributed by atoms with Crippen molar-refractivity contribution in [3.8, 4) is 0 Å². The zero-order valence-corrected chi connectivity index (χ0v) is 13.0. The molecule has 0 saturated heterocycles. The monoisotopic (exact) mass is 343 g/mol. The van der Waals surface area contributed by atoms with Crippen molar-refractivity contribution in [3.05, 3.63) is 59.7 Å². The normalized spacial score (nSPS) is 12.8. The van der Waals surface area contributed by atoms with Crippen LogP contribution >= 0.6 is 0 Å². The summed E-state index contributed by atoms with van der Waals surface area (Å²) >= 11 is 0. The van der Waals surface area contributed by atoms with E-state index in [4.69, 9.17) is 11.5 Å². The van der Waals surface area contributed by atoms with Gasteiger partial charge in [-0.1, -0.05) is 12.1 Å². The van der Waals surface area contributed by atoms with Gasteiger partial charge in [-0.3, -0.25) is 9.59 Å². The third kappa shape index (κ3) is 4.25. The van der Waals surface area contributed by atoms with Crippen LogP contribution in [0.2, 0.25) is 0 Å². The number of carboxylic acid groups (broad SMARTS) is 2. The average molecular weight is 343 g/mol. The number of nitrogen functional groups attached to an aromatic ring is 2. The van der Waals surface area contributed by atoms with Crippen LogP contribution in [-0.4, -0.2) is 34.1 Å². The van der Waals surface area contributed by atoms with Crippen molar-refractivity contribution >= 4 is 29.2 Å². The molecule has 8 nitrogen and oxygen atoms in total. The number of carbonyl (C=O) groups excluding carboxylic acids is 1.